The number of primary amides is 1. The number of nitrogens with zero attached hydrogens (tertiary/aromatic N) is 2. The Morgan fingerprint density at radius 3 is 2.49 bits per heavy atom. The third kappa shape index (κ3) is 9.29. The second-order valence-corrected chi connectivity index (χ2v) is 18.8. The molecule has 5 N–H and O–H groups in total. The van der Waals surface area contributed by atoms with Crippen LogP contribution in [0.2, 0.25) is 0 Å². The molecular formula is C40H54N6O10S. The minimum Gasteiger partial charge on any atom is -0.497 e. The molecule has 2 aliphatic heterocycles. The Balaban J connectivity index is 1.38. The van der Waals surface area contributed by atoms with Crippen LogP contribution in [0.25, 0.3) is 10.8 Å². The number of ether oxygens (including phenoxy) is 3. The minimum atomic E-state index is -3.93. The predicted molar refractivity (Wildman–Crippen MR) is 210 cm³/mol. The van der Waals surface area contributed by atoms with Crippen molar-refractivity contribution in [3.05, 3.63) is 42.1 Å². The van der Waals surface area contributed by atoms with E-state index >= 15 is 0 Å². The summed E-state index contributed by atoms with van der Waals surface area (Å²) in [7, 11) is -2.45. The zero-order valence-corrected chi connectivity index (χ0v) is 34.1. The number of hydrogen-bond donors (Lipinski definition) is 4. The lowest BCUT2D eigenvalue weighted by molar-refractivity contribution is -0.142. The molecule has 2 aromatic rings. The van der Waals surface area contributed by atoms with Crippen molar-refractivity contribution in [3.63, 3.8) is 0 Å². The van der Waals surface area contributed by atoms with Gasteiger partial charge in [0.1, 0.15) is 35.1 Å². The van der Waals surface area contributed by atoms with E-state index in [1.807, 2.05) is 19.1 Å². The fraction of sp³-hybridized carbons (Fsp3) is 0.600. The van der Waals surface area contributed by atoms with Crippen LogP contribution >= 0.6 is 0 Å². The van der Waals surface area contributed by atoms with Gasteiger partial charge in [0.15, 0.2) is 0 Å². The van der Waals surface area contributed by atoms with E-state index in [0.717, 1.165) is 6.42 Å². The number of carbonyl (C=O) groups is 5. The van der Waals surface area contributed by atoms with E-state index in [2.05, 4.69) is 27.3 Å². The molecule has 2 saturated carbocycles. The highest BCUT2D eigenvalue weighted by Crippen LogP contribution is 2.46. The average Bonchev–Trinajstić information content (AvgIpc) is 4.07. The number of rotatable bonds is 9. The third-order valence-electron chi connectivity index (χ3n) is 11.2. The van der Waals surface area contributed by atoms with Gasteiger partial charge in [-0.25, -0.2) is 18.2 Å². The van der Waals surface area contributed by atoms with Crippen molar-refractivity contribution in [1.29, 1.82) is 0 Å². The average molecular weight is 811 g/mol. The van der Waals surface area contributed by atoms with Crippen molar-refractivity contribution < 1.29 is 46.6 Å². The van der Waals surface area contributed by atoms with Gasteiger partial charge in [-0.1, -0.05) is 32.4 Å². The highest BCUT2D eigenvalue weighted by atomic mass is 32.2. The molecule has 0 unspecified atom stereocenters. The highest BCUT2D eigenvalue weighted by molar-refractivity contribution is 7.91. The summed E-state index contributed by atoms with van der Waals surface area (Å²) >= 11 is 0. The van der Waals surface area contributed by atoms with Gasteiger partial charge in [-0.2, -0.15) is 0 Å². The summed E-state index contributed by atoms with van der Waals surface area (Å²) in [6, 6.07) is 2.69. The van der Waals surface area contributed by atoms with Crippen LogP contribution in [-0.2, 0) is 29.1 Å². The highest BCUT2D eigenvalue weighted by Gasteiger charge is 2.62. The van der Waals surface area contributed by atoms with Gasteiger partial charge in [-0.05, 0) is 89.3 Å². The van der Waals surface area contributed by atoms with Crippen molar-refractivity contribution in [2.24, 2.45) is 23.5 Å². The zero-order valence-electron chi connectivity index (χ0n) is 33.3. The van der Waals surface area contributed by atoms with E-state index in [1.54, 1.807) is 39.0 Å². The van der Waals surface area contributed by atoms with Gasteiger partial charge in [0.05, 0.1) is 24.5 Å². The van der Waals surface area contributed by atoms with Crippen LogP contribution in [0.3, 0.4) is 0 Å². The number of nitrogens with one attached hydrogen (secondary N) is 3. The van der Waals surface area contributed by atoms with Gasteiger partial charge in [0, 0.05) is 29.3 Å². The number of fused-ring (bicyclic) bond motifs is 3. The Morgan fingerprint density at radius 2 is 1.84 bits per heavy atom. The van der Waals surface area contributed by atoms with Crippen LogP contribution in [0.5, 0.6) is 11.6 Å². The number of alkyl carbamates (subject to hydrolysis) is 1. The zero-order chi connectivity index (χ0) is 41.4. The monoisotopic (exact) mass is 810 g/mol. The number of allylic oxidation sites excluding steroid dienone is 1. The van der Waals surface area contributed by atoms with Crippen LogP contribution < -0.4 is 30.6 Å². The maximum atomic E-state index is 14.9. The van der Waals surface area contributed by atoms with Gasteiger partial charge in [-0.3, -0.25) is 23.9 Å². The second-order valence-electron chi connectivity index (χ2n) is 16.8. The van der Waals surface area contributed by atoms with E-state index in [1.165, 1.54) is 18.2 Å². The number of amides is 5. The van der Waals surface area contributed by atoms with E-state index < -0.39 is 80.2 Å². The van der Waals surface area contributed by atoms with E-state index in [4.69, 9.17) is 19.9 Å². The number of nitrogens with two attached hydrogens (primary N) is 1. The lowest BCUT2D eigenvalue weighted by atomic mass is 9.85. The maximum Gasteiger partial charge on any atom is 0.408 e. The summed E-state index contributed by atoms with van der Waals surface area (Å²) in [6.07, 6.45) is 7.03. The quantitative estimate of drug-likeness (QED) is 0.268. The molecule has 3 fully saturated rings. The van der Waals surface area contributed by atoms with Crippen molar-refractivity contribution in [2.45, 2.75) is 121 Å². The third-order valence-corrected chi connectivity index (χ3v) is 13.1. The van der Waals surface area contributed by atoms with E-state index in [0.29, 0.717) is 48.6 Å². The molecule has 0 radical (unpaired) electrons. The maximum absolute atomic E-state index is 14.9. The number of hydrogen-bond acceptors (Lipinski definition) is 11. The minimum absolute atomic E-state index is 0.0423. The first-order valence-corrected chi connectivity index (χ1v) is 21.2. The molecule has 16 nitrogen and oxygen atoms in total. The number of benzene rings is 1. The summed E-state index contributed by atoms with van der Waals surface area (Å²) in [6.45, 7) is 9.07. The summed E-state index contributed by atoms with van der Waals surface area (Å²) in [5.74, 6) is -2.84. The molecule has 2 aliphatic carbocycles. The summed E-state index contributed by atoms with van der Waals surface area (Å²) in [4.78, 5) is 74.7. The Bertz CT molecular complexity index is 2060. The van der Waals surface area contributed by atoms with Crippen molar-refractivity contribution in [3.8, 4) is 11.6 Å². The molecule has 5 amide bonds. The molecular weight excluding hydrogens is 757 g/mol. The predicted octanol–water partition coefficient (Wildman–Crippen LogP) is 3.47. The summed E-state index contributed by atoms with van der Waals surface area (Å²) in [5, 5.41) is 5.91. The number of sulfonamides is 1. The SMILES string of the molecule is CC[C@@H]1C[C@H](C)CC/C=C\[C@@H]2C[C@@]2(C(=O)NS(=O)(=O)C2CC2)NC(=O)[C@@H]2C[C@@H](Oc3ncc(C(N)=O)c4cc(OC)ccc34)CN2C(=O)[C@H]1NC(=O)OC(C)(C)C. The van der Waals surface area contributed by atoms with Crippen LogP contribution in [0, 0.1) is 17.8 Å². The number of aromatic nitrogens is 1. The Kier molecular flexibility index (Phi) is 11.8. The first-order valence-electron chi connectivity index (χ1n) is 19.6. The lowest BCUT2D eigenvalue weighted by Gasteiger charge is -2.34. The topological polar surface area (TPSA) is 225 Å². The van der Waals surface area contributed by atoms with E-state index in [9.17, 15) is 32.4 Å². The molecule has 1 aromatic heterocycles. The van der Waals surface area contributed by atoms with Gasteiger partial charge in [-0.15, -0.1) is 0 Å². The molecule has 0 bridgehead atoms. The van der Waals surface area contributed by atoms with Crippen molar-refractivity contribution in [2.75, 3.05) is 13.7 Å². The molecule has 3 heterocycles. The van der Waals surface area contributed by atoms with Crippen molar-refractivity contribution >= 4 is 50.5 Å². The molecule has 4 aliphatic rings. The Labute approximate surface area is 333 Å². The largest absolute Gasteiger partial charge is 0.497 e. The Morgan fingerprint density at radius 1 is 1.11 bits per heavy atom. The molecule has 1 saturated heterocycles. The number of pyridine rings is 1. The van der Waals surface area contributed by atoms with Gasteiger partial charge < -0.3 is 35.5 Å². The van der Waals surface area contributed by atoms with Gasteiger partial charge in [0.2, 0.25) is 27.7 Å². The first kappa shape index (κ1) is 41.7. The van der Waals surface area contributed by atoms with Gasteiger partial charge >= 0.3 is 6.09 Å². The van der Waals surface area contributed by atoms with Gasteiger partial charge in [0.25, 0.3) is 11.8 Å². The standard InChI is InChI=1S/C40H54N6O10S/c1-7-23-16-22(2)10-8-9-11-24-19-40(24,37(50)45-57(52,53)27-13-14-27)44-34(48)31-18-26(21-46(31)36(49)32(23)43-38(51)56-39(3,4)5)55-35-28-15-12-25(54-6)17-29(28)30(20-42-35)33(41)47/h9,11-12,15,17,20,22-24,26-27,31-32H,7-8,10,13-14,16,18-19,21H2,1-6H3,(H2,41,47)(H,43,51)(H,44,48)(H,45,50)/b11-9-/t22-,23-,24-,26-,31+,32+,40-/m1/s1. The number of methoxy groups -OCH3 is 1. The van der Waals surface area contributed by atoms with Crippen molar-refractivity contribution in [1.82, 2.24) is 25.2 Å². The number of carbonyl (C=O) groups excluding carboxylic acids is 5. The lowest BCUT2D eigenvalue weighted by Crippen LogP contribution is -2.59. The summed E-state index contributed by atoms with van der Waals surface area (Å²) in [5.41, 5.74) is 3.39. The smallest absolute Gasteiger partial charge is 0.408 e. The van der Waals surface area contributed by atoms with Crippen LogP contribution in [0.1, 0.15) is 96.3 Å². The molecule has 6 rings (SSSR count). The molecule has 1 aromatic carbocycles. The Hall–Kier alpha value is -4.93. The van der Waals surface area contributed by atoms with Crippen LogP contribution in [0.15, 0.2) is 36.5 Å². The first-order chi connectivity index (χ1) is 26.9. The second kappa shape index (κ2) is 16.1. The van der Waals surface area contributed by atoms with Crippen LogP contribution in [0.4, 0.5) is 4.79 Å². The molecule has 57 heavy (non-hydrogen) atoms. The molecule has 7 atom stereocenters. The summed E-state index contributed by atoms with van der Waals surface area (Å²) < 4.78 is 45.4. The molecule has 310 valence electrons. The molecule has 17 heteroatoms. The fourth-order valence-corrected chi connectivity index (χ4v) is 9.28. The van der Waals surface area contributed by atoms with E-state index in [-0.39, 0.29) is 42.7 Å². The molecule has 0 spiro atoms. The fourth-order valence-electron chi connectivity index (χ4n) is 7.92. The normalized spacial score (nSPS) is 28.8. The van der Waals surface area contributed by atoms with Crippen LogP contribution in [-0.4, -0.2) is 96.3 Å².